The molecule has 3 rings (SSSR count). The van der Waals surface area contributed by atoms with Gasteiger partial charge in [-0.2, -0.15) is 5.10 Å². The minimum Gasteiger partial charge on any atom is -0.331 e. The van der Waals surface area contributed by atoms with E-state index in [-0.39, 0.29) is 0 Å². The third-order valence-corrected chi connectivity index (χ3v) is 5.20. The van der Waals surface area contributed by atoms with Crippen LogP contribution in [0.1, 0.15) is 17.0 Å². The van der Waals surface area contributed by atoms with Crippen molar-refractivity contribution in [2.24, 2.45) is 0 Å². The lowest BCUT2D eigenvalue weighted by Gasteiger charge is -2.12. The number of benzene rings is 2. The number of thiocarbonyl (C=S) groups is 1. The molecular formula is C19H17Cl3N4S. The van der Waals surface area contributed by atoms with E-state index in [1.807, 2.05) is 42.8 Å². The molecule has 0 aliphatic heterocycles. The third-order valence-electron chi connectivity index (χ3n) is 4.08. The van der Waals surface area contributed by atoms with Gasteiger partial charge in [-0.3, -0.25) is 4.68 Å². The number of nitrogens with zero attached hydrogens (tertiary/aromatic N) is 2. The van der Waals surface area contributed by atoms with Crippen molar-refractivity contribution in [1.29, 1.82) is 0 Å². The van der Waals surface area contributed by atoms with E-state index >= 15 is 0 Å². The van der Waals surface area contributed by atoms with Gasteiger partial charge < -0.3 is 10.6 Å². The van der Waals surface area contributed by atoms with Crippen LogP contribution in [0.4, 0.5) is 11.4 Å². The van der Waals surface area contributed by atoms with E-state index in [0.29, 0.717) is 32.4 Å². The summed E-state index contributed by atoms with van der Waals surface area (Å²) in [6.07, 6.45) is 0. The van der Waals surface area contributed by atoms with E-state index in [0.717, 1.165) is 22.6 Å². The molecule has 140 valence electrons. The molecule has 0 radical (unpaired) electrons. The highest BCUT2D eigenvalue weighted by molar-refractivity contribution is 7.80. The molecule has 0 atom stereocenters. The second-order valence-electron chi connectivity index (χ2n) is 6.00. The molecule has 1 heterocycles. The van der Waals surface area contributed by atoms with Gasteiger partial charge in [0.1, 0.15) is 0 Å². The zero-order valence-corrected chi connectivity index (χ0v) is 17.8. The summed E-state index contributed by atoms with van der Waals surface area (Å²) < 4.78 is 1.90. The predicted molar refractivity (Wildman–Crippen MR) is 119 cm³/mol. The fraction of sp³-hybridized carbons (Fsp3) is 0.158. The largest absolute Gasteiger partial charge is 0.331 e. The van der Waals surface area contributed by atoms with Gasteiger partial charge in [-0.05, 0) is 55.9 Å². The lowest BCUT2D eigenvalue weighted by Crippen LogP contribution is -2.20. The van der Waals surface area contributed by atoms with Crippen molar-refractivity contribution in [2.45, 2.75) is 20.4 Å². The van der Waals surface area contributed by atoms with Crippen molar-refractivity contribution in [3.63, 3.8) is 0 Å². The lowest BCUT2D eigenvalue weighted by molar-refractivity contribution is 0.659. The molecule has 0 unspecified atom stereocenters. The first kappa shape index (κ1) is 20.0. The second kappa shape index (κ2) is 8.48. The van der Waals surface area contributed by atoms with Crippen LogP contribution in [0, 0.1) is 13.8 Å². The van der Waals surface area contributed by atoms with Crippen LogP contribution in [-0.2, 0) is 6.54 Å². The Morgan fingerprint density at radius 3 is 2.48 bits per heavy atom. The summed E-state index contributed by atoms with van der Waals surface area (Å²) in [5.74, 6) is 0. The van der Waals surface area contributed by atoms with Gasteiger partial charge in [0.2, 0.25) is 0 Å². The summed E-state index contributed by atoms with van der Waals surface area (Å²) in [6, 6.07) is 12.9. The minimum atomic E-state index is 0.419. The van der Waals surface area contributed by atoms with E-state index in [4.69, 9.17) is 47.0 Å². The maximum absolute atomic E-state index is 6.26. The Bertz CT molecular complexity index is 1000. The number of aromatic nitrogens is 2. The quantitative estimate of drug-likeness (QED) is 0.467. The van der Waals surface area contributed by atoms with Gasteiger partial charge in [0.05, 0.1) is 34.3 Å². The molecule has 2 aromatic carbocycles. The standard InChI is InChI=1S/C19H17Cl3N4S/c1-11-18(24-19(27)23-17-8-7-14(20)9-16(17)22)12(2)26(25-11)10-13-5-3-4-6-15(13)21/h3-9H,10H2,1-2H3,(H2,23,24,27). The van der Waals surface area contributed by atoms with Crippen molar-refractivity contribution in [1.82, 2.24) is 9.78 Å². The highest BCUT2D eigenvalue weighted by atomic mass is 35.5. The molecule has 1 aromatic heterocycles. The molecule has 27 heavy (non-hydrogen) atoms. The van der Waals surface area contributed by atoms with Gasteiger partial charge in [-0.25, -0.2) is 0 Å². The third kappa shape index (κ3) is 4.74. The minimum absolute atomic E-state index is 0.419. The number of aryl methyl sites for hydroxylation is 1. The smallest absolute Gasteiger partial charge is 0.175 e. The van der Waals surface area contributed by atoms with Crippen molar-refractivity contribution < 1.29 is 0 Å². The topological polar surface area (TPSA) is 41.9 Å². The summed E-state index contributed by atoms with van der Waals surface area (Å²) in [5.41, 5.74) is 4.33. The number of nitrogens with one attached hydrogen (secondary N) is 2. The molecule has 0 saturated carbocycles. The number of anilines is 2. The van der Waals surface area contributed by atoms with Crippen LogP contribution >= 0.6 is 47.0 Å². The second-order valence-corrected chi connectivity index (χ2v) is 7.66. The Hall–Kier alpha value is -1.79. The summed E-state index contributed by atoms with van der Waals surface area (Å²) >= 11 is 23.8. The number of hydrogen-bond donors (Lipinski definition) is 2. The zero-order chi connectivity index (χ0) is 19.6. The molecule has 3 aromatic rings. The molecule has 0 amide bonds. The van der Waals surface area contributed by atoms with E-state index in [9.17, 15) is 0 Å². The highest BCUT2D eigenvalue weighted by Crippen LogP contribution is 2.27. The van der Waals surface area contributed by atoms with Crippen molar-refractivity contribution in [3.8, 4) is 0 Å². The van der Waals surface area contributed by atoms with Crippen LogP contribution in [-0.4, -0.2) is 14.9 Å². The van der Waals surface area contributed by atoms with Crippen LogP contribution in [0.3, 0.4) is 0 Å². The Morgan fingerprint density at radius 2 is 1.78 bits per heavy atom. The van der Waals surface area contributed by atoms with Crippen LogP contribution in [0.15, 0.2) is 42.5 Å². The Kier molecular flexibility index (Phi) is 6.27. The molecule has 0 aliphatic rings. The van der Waals surface area contributed by atoms with Crippen molar-refractivity contribution >= 4 is 63.5 Å². The summed E-state index contributed by atoms with van der Waals surface area (Å²) in [5, 5.41) is 13.1. The van der Waals surface area contributed by atoms with Gasteiger partial charge in [-0.1, -0.05) is 53.0 Å². The fourth-order valence-corrected chi connectivity index (χ4v) is 3.54. The Balaban J connectivity index is 1.76. The van der Waals surface area contributed by atoms with Crippen LogP contribution in [0.5, 0.6) is 0 Å². The molecular weight excluding hydrogens is 423 g/mol. The first-order valence-corrected chi connectivity index (χ1v) is 9.70. The van der Waals surface area contributed by atoms with Gasteiger partial charge >= 0.3 is 0 Å². The first-order valence-electron chi connectivity index (χ1n) is 8.15. The number of halogens is 3. The van der Waals surface area contributed by atoms with Crippen LogP contribution < -0.4 is 10.6 Å². The molecule has 8 heteroatoms. The maximum atomic E-state index is 6.26. The molecule has 0 fully saturated rings. The zero-order valence-electron chi connectivity index (χ0n) is 14.7. The first-order chi connectivity index (χ1) is 12.8. The van der Waals surface area contributed by atoms with E-state index in [2.05, 4.69) is 15.7 Å². The van der Waals surface area contributed by atoms with Crippen molar-refractivity contribution in [3.05, 3.63) is 74.5 Å². The Labute approximate surface area is 178 Å². The number of rotatable bonds is 4. The normalized spacial score (nSPS) is 10.7. The van der Waals surface area contributed by atoms with Gasteiger partial charge in [0, 0.05) is 10.0 Å². The summed E-state index contributed by atoms with van der Waals surface area (Å²) in [7, 11) is 0. The average Bonchev–Trinajstić information content (AvgIpc) is 2.87. The average molecular weight is 440 g/mol. The van der Waals surface area contributed by atoms with Gasteiger partial charge in [0.15, 0.2) is 5.11 Å². The lowest BCUT2D eigenvalue weighted by atomic mass is 10.2. The fourth-order valence-electron chi connectivity index (χ4n) is 2.68. The van der Waals surface area contributed by atoms with Crippen molar-refractivity contribution in [2.75, 3.05) is 10.6 Å². The van der Waals surface area contributed by atoms with E-state index < -0.39 is 0 Å². The summed E-state index contributed by atoms with van der Waals surface area (Å²) in [4.78, 5) is 0. The van der Waals surface area contributed by atoms with Crippen LogP contribution in [0.2, 0.25) is 15.1 Å². The van der Waals surface area contributed by atoms with E-state index in [1.165, 1.54) is 0 Å². The van der Waals surface area contributed by atoms with Gasteiger partial charge in [0.25, 0.3) is 0 Å². The molecule has 4 nitrogen and oxygen atoms in total. The Morgan fingerprint density at radius 1 is 1.04 bits per heavy atom. The maximum Gasteiger partial charge on any atom is 0.175 e. The molecule has 2 N–H and O–H groups in total. The highest BCUT2D eigenvalue weighted by Gasteiger charge is 2.14. The SMILES string of the molecule is Cc1nn(Cc2ccccc2Cl)c(C)c1NC(=S)Nc1ccc(Cl)cc1Cl. The monoisotopic (exact) mass is 438 g/mol. The van der Waals surface area contributed by atoms with Gasteiger partial charge in [-0.15, -0.1) is 0 Å². The van der Waals surface area contributed by atoms with Crippen LogP contribution in [0.25, 0.3) is 0 Å². The molecule has 0 aliphatic carbocycles. The molecule has 0 spiro atoms. The number of hydrogen-bond acceptors (Lipinski definition) is 2. The summed E-state index contributed by atoms with van der Waals surface area (Å²) in [6.45, 7) is 4.49. The predicted octanol–water partition coefficient (Wildman–Crippen LogP) is 6.32. The molecule has 0 saturated heterocycles. The van der Waals surface area contributed by atoms with E-state index in [1.54, 1.807) is 18.2 Å². The molecule has 0 bridgehead atoms.